The van der Waals surface area contributed by atoms with E-state index in [9.17, 15) is 4.79 Å². The maximum Gasteiger partial charge on any atom is 0.194 e. The summed E-state index contributed by atoms with van der Waals surface area (Å²) < 4.78 is 7.70. The number of aryl methyl sites for hydroxylation is 1. The van der Waals surface area contributed by atoms with Crippen molar-refractivity contribution in [3.8, 4) is 22.1 Å². The molecule has 5 heteroatoms. The molecule has 0 spiro atoms. The number of carbonyl (C=O) groups excluding carboxylic acids is 1. The minimum Gasteiger partial charge on any atom is -0.489 e. The van der Waals surface area contributed by atoms with E-state index >= 15 is 0 Å². The van der Waals surface area contributed by atoms with Crippen LogP contribution < -0.4 is 4.74 Å². The van der Waals surface area contributed by atoms with Crippen LogP contribution in [-0.2, 0) is 6.61 Å². The molecule has 2 heterocycles. The quantitative estimate of drug-likeness (QED) is 0.430. The molecule has 27 heavy (non-hydrogen) atoms. The molecular weight excluding hydrogens is 356 g/mol. The Morgan fingerprint density at radius 2 is 1.96 bits per heavy atom. The molecule has 134 valence electrons. The zero-order valence-electron chi connectivity index (χ0n) is 14.8. The molecule has 2 aromatic carbocycles. The van der Waals surface area contributed by atoms with Crippen molar-refractivity contribution >= 4 is 17.6 Å². The standard InChI is InChI=1S/C22H18N2O2S/c1-16-12-19(26-14-17-6-3-2-4-7-17)9-10-20(16)21-15-27-22(23-21)24-11-5-8-18(24)13-25/h2-13,15H,14H2,1H3. The molecule has 0 aliphatic rings. The Labute approximate surface area is 161 Å². The summed E-state index contributed by atoms with van der Waals surface area (Å²) in [4.78, 5) is 15.8. The van der Waals surface area contributed by atoms with E-state index in [4.69, 9.17) is 9.72 Å². The number of thiazole rings is 1. The summed E-state index contributed by atoms with van der Waals surface area (Å²) in [5.74, 6) is 0.837. The lowest BCUT2D eigenvalue weighted by molar-refractivity contribution is 0.111. The Morgan fingerprint density at radius 1 is 1.11 bits per heavy atom. The van der Waals surface area contributed by atoms with Crippen LogP contribution in [0.1, 0.15) is 21.6 Å². The first-order chi connectivity index (χ1) is 13.2. The molecule has 0 unspecified atom stereocenters. The number of aldehydes is 1. The molecule has 0 fully saturated rings. The first-order valence-corrected chi connectivity index (χ1v) is 9.49. The molecule has 2 aromatic heterocycles. The molecular formula is C22H18N2O2S. The van der Waals surface area contributed by atoms with Gasteiger partial charge in [-0.05, 0) is 48.4 Å². The molecule has 4 rings (SSSR count). The molecule has 0 radical (unpaired) electrons. The Kier molecular flexibility index (Phi) is 4.85. The lowest BCUT2D eigenvalue weighted by Crippen LogP contribution is -1.97. The number of carbonyl (C=O) groups is 1. The Balaban J connectivity index is 1.54. The number of nitrogens with zero attached hydrogens (tertiary/aromatic N) is 2. The van der Waals surface area contributed by atoms with E-state index in [1.807, 2.05) is 66.2 Å². The highest BCUT2D eigenvalue weighted by Crippen LogP contribution is 2.30. The summed E-state index contributed by atoms with van der Waals surface area (Å²) in [6.07, 6.45) is 2.69. The molecule has 0 N–H and O–H groups in total. The second-order valence-electron chi connectivity index (χ2n) is 6.19. The van der Waals surface area contributed by atoms with E-state index in [-0.39, 0.29) is 0 Å². The number of hydrogen-bond acceptors (Lipinski definition) is 4. The number of ether oxygens (including phenoxy) is 1. The molecule has 0 aliphatic heterocycles. The fraction of sp³-hybridized carbons (Fsp3) is 0.0909. The van der Waals surface area contributed by atoms with E-state index in [0.717, 1.165) is 39.6 Å². The van der Waals surface area contributed by atoms with Crippen molar-refractivity contribution in [1.29, 1.82) is 0 Å². The van der Waals surface area contributed by atoms with Crippen LogP contribution in [0.3, 0.4) is 0 Å². The molecule has 0 bridgehead atoms. The van der Waals surface area contributed by atoms with Gasteiger partial charge in [0.1, 0.15) is 12.4 Å². The van der Waals surface area contributed by atoms with Crippen molar-refractivity contribution in [3.63, 3.8) is 0 Å². The van der Waals surface area contributed by atoms with Crippen LogP contribution in [0.5, 0.6) is 5.75 Å². The third-order valence-corrected chi connectivity index (χ3v) is 5.16. The van der Waals surface area contributed by atoms with Gasteiger partial charge in [0.15, 0.2) is 11.4 Å². The van der Waals surface area contributed by atoms with Crippen LogP contribution in [0.15, 0.2) is 72.2 Å². The van der Waals surface area contributed by atoms with Gasteiger partial charge in [0.25, 0.3) is 0 Å². The summed E-state index contributed by atoms with van der Waals surface area (Å²) in [7, 11) is 0. The highest BCUT2D eigenvalue weighted by atomic mass is 32.1. The molecule has 4 nitrogen and oxygen atoms in total. The van der Waals surface area contributed by atoms with Gasteiger partial charge in [0, 0.05) is 17.1 Å². The highest BCUT2D eigenvalue weighted by Gasteiger charge is 2.11. The van der Waals surface area contributed by atoms with Gasteiger partial charge in [-0.1, -0.05) is 30.3 Å². The number of rotatable bonds is 6. The van der Waals surface area contributed by atoms with E-state index < -0.39 is 0 Å². The molecule has 0 saturated carbocycles. The van der Waals surface area contributed by atoms with Crippen LogP contribution >= 0.6 is 11.3 Å². The maximum absolute atomic E-state index is 11.1. The summed E-state index contributed by atoms with van der Waals surface area (Å²) >= 11 is 1.51. The second kappa shape index (κ2) is 7.60. The minimum absolute atomic E-state index is 0.544. The van der Waals surface area contributed by atoms with Crippen molar-refractivity contribution in [2.45, 2.75) is 13.5 Å². The van der Waals surface area contributed by atoms with Crippen molar-refractivity contribution in [1.82, 2.24) is 9.55 Å². The lowest BCUT2D eigenvalue weighted by atomic mass is 10.1. The molecule has 0 amide bonds. The first kappa shape index (κ1) is 17.2. The van der Waals surface area contributed by atoms with Gasteiger partial charge in [0.05, 0.1) is 11.4 Å². The van der Waals surface area contributed by atoms with Crippen molar-refractivity contribution in [3.05, 3.63) is 89.1 Å². The fourth-order valence-corrected chi connectivity index (χ4v) is 3.74. The predicted molar refractivity (Wildman–Crippen MR) is 108 cm³/mol. The van der Waals surface area contributed by atoms with Crippen molar-refractivity contribution in [2.75, 3.05) is 0 Å². The molecule has 0 aliphatic carbocycles. The second-order valence-corrected chi connectivity index (χ2v) is 7.02. The Bertz CT molecular complexity index is 1070. The Hall–Kier alpha value is -3.18. The van der Waals surface area contributed by atoms with E-state index in [1.54, 1.807) is 10.6 Å². The van der Waals surface area contributed by atoms with E-state index in [2.05, 4.69) is 6.92 Å². The molecule has 0 saturated heterocycles. The van der Waals surface area contributed by atoms with Gasteiger partial charge in [-0.3, -0.25) is 9.36 Å². The average molecular weight is 374 g/mol. The van der Waals surface area contributed by atoms with Crippen molar-refractivity contribution in [2.24, 2.45) is 0 Å². The van der Waals surface area contributed by atoms with Crippen LogP contribution in [0.25, 0.3) is 16.4 Å². The molecule has 0 atom stereocenters. The van der Waals surface area contributed by atoms with Crippen LogP contribution in [0.4, 0.5) is 0 Å². The van der Waals surface area contributed by atoms with Gasteiger partial charge < -0.3 is 4.74 Å². The SMILES string of the molecule is Cc1cc(OCc2ccccc2)ccc1-c1csc(-n2cccc2C=O)n1. The van der Waals surface area contributed by atoms with Gasteiger partial charge >= 0.3 is 0 Å². The topological polar surface area (TPSA) is 44.1 Å². The third-order valence-electron chi connectivity index (χ3n) is 4.32. The summed E-state index contributed by atoms with van der Waals surface area (Å²) in [5, 5.41) is 2.79. The van der Waals surface area contributed by atoms with Gasteiger partial charge in [-0.25, -0.2) is 4.98 Å². The fourth-order valence-electron chi connectivity index (χ4n) is 2.92. The summed E-state index contributed by atoms with van der Waals surface area (Å²) in [6, 6.07) is 19.8. The van der Waals surface area contributed by atoms with Crippen LogP contribution in [0.2, 0.25) is 0 Å². The number of hydrogen-bond donors (Lipinski definition) is 0. The monoisotopic (exact) mass is 374 g/mol. The largest absolute Gasteiger partial charge is 0.489 e. The smallest absolute Gasteiger partial charge is 0.194 e. The van der Waals surface area contributed by atoms with E-state index in [1.165, 1.54) is 11.3 Å². The Morgan fingerprint density at radius 3 is 2.74 bits per heavy atom. The summed E-state index contributed by atoms with van der Waals surface area (Å²) in [6.45, 7) is 2.60. The van der Waals surface area contributed by atoms with E-state index in [0.29, 0.717) is 12.3 Å². The van der Waals surface area contributed by atoms with Crippen LogP contribution in [0, 0.1) is 6.92 Å². The van der Waals surface area contributed by atoms with Crippen molar-refractivity contribution < 1.29 is 9.53 Å². The zero-order valence-corrected chi connectivity index (χ0v) is 15.6. The maximum atomic E-state index is 11.1. The number of benzene rings is 2. The normalized spacial score (nSPS) is 10.7. The lowest BCUT2D eigenvalue weighted by Gasteiger charge is -2.09. The highest BCUT2D eigenvalue weighted by molar-refractivity contribution is 7.12. The summed E-state index contributed by atoms with van der Waals surface area (Å²) in [5.41, 5.74) is 4.79. The average Bonchev–Trinajstić information content (AvgIpc) is 3.36. The van der Waals surface area contributed by atoms with Gasteiger partial charge in [-0.2, -0.15) is 0 Å². The molecule has 4 aromatic rings. The van der Waals surface area contributed by atoms with Crippen LogP contribution in [-0.4, -0.2) is 15.8 Å². The minimum atomic E-state index is 0.544. The van der Waals surface area contributed by atoms with Gasteiger partial charge in [0.2, 0.25) is 0 Å². The van der Waals surface area contributed by atoms with Gasteiger partial charge in [-0.15, -0.1) is 11.3 Å². The third kappa shape index (κ3) is 3.68. The zero-order chi connectivity index (χ0) is 18.6. The number of aromatic nitrogens is 2. The first-order valence-electron chi connectivity index (χ1n) is 8.61. The predicted octanol–water partition coefficient (Wildman–Crippen LogP) is 5.30.